The molecule has 3 amide bonds. The van der Waals surface area contributed by atoms with Crippen LogP contribution in [-0.4, -0.2) is 53.8 Å². The Morgan fingerprint density at radius 1 is 1.03 bits per heavy atom. The van der Waals surface area contributed by atoms with Gasteiger partial charge in [-0.2, -0.15) is 0 Å². The summed E-state index contributed by atoms with van der Waals surface area (Å²) in [5.41, 5.74) is 2.96. The van der Waals surface area contributed by atoms with Gasteiger partial charge < -0.3 is 9.80 Å². The van der Waals surface area contributed by atoms with E-state index in [1.54, 1.807) is 40.5 Å². The summed E-state index contributed by atoms with van der Waals surface area (Å²) in [6.45, 7) is 4.49. The van der Waals surface area contributed by atoms with Crippen LogP contribution in [0.4, 0.5) is 10.8 Å². The second-order valence-corrected chi connectivity index (χ2v) is 9.38. The lowest BCUT2D eigenvalue weighted by atomic mass is 10.1. The molecule has 5 rings (SSSR count). The van der Waals surface area contributed by atoms with Crippen molar-refractivity contribution in [2.45, 2.75) is 19.8 Å². The van der Waals surface area contributed by atoms with E-state index in [0.717, 1.165) is 20.9 Å². The lowest BCUT2D eigenvalue weighted by Crippen LogP contribution is -2.48. The number of halogens is 1. The smallest absolute Gasteiger partial charge is 0.254 e. The highest BCUT2D eigenvalue weighted by Crippen LogP contribution is 2.36. The molecule has 32 heavy (non-hydrogen) atoms. The number of nitrogens with zero attached hydrogens (tertiary/aromatic N) is 4. The minimum Gasteiger partial charge on any atom is -0.345 e. The summed E-state index contributed by atoms with van der Waals surface area (Å²) >= 11 is 7.92. The van der Waals surface area contributed by atoms with Crippen LogP contribution in [0.2, 0.25) is 5.02 Å². The van der Waals surface area contributed by atoms with Gasteiger partial charge in [-0.25, -0.2) is 4.98 Å². The zero-order valence-electron chi connectivity index (χ0n) is 17.5. The number of hydrogen-bond donors (Lipinski definition) is 0. The first kappa shape index (κ1) is 20.9. The first-order valence-corrected chi connectivity index (χ1v) is 11.7. The number of carbonyl (C=O) groups is 3. The molecule has 0 spiro atoms. The van der Waals surface area contributed by atoms with Gasteiger partial charge in [0.05, 0.1) is 20.9 Å². The fraction of sp³-hybridized carbons (Fsp3) is 0.304. The van der Waals surface area contributed by atoms with Crippen LogP contribution in [0, 0.1) is 6.92 Å². The standard InChI is InChI=1S/C23H21ClN4O3S/c1-14-5-6-17(24)21-20(14)25-23(32-21)27-11-9-26(10-12-27)22(31)15-3-2-4-16(13-15)28-18(29)7-8-19(28)30/h2-6,13H,7-12H2,1H3. The van der Waals surface area contributed by atoms with Crippen LogP contribution in [0.5, 0.6) is 0 Å². The Hall–Kier alpha value is -2.97. The number of hydrogen-bond acceptors (Lipinski definition) is 6. The highest BCUT2D eigenvalue weighted by molar-refractivity contribution is 7.22. The predicted octanol–water partition coefficient (Wildman–Crippen LogP) is 3.87. The Bertz CT molecular complexity index is 1190. The first-order valence-electron chi connectivity index (χ1n) is 10.5. The molecular weight excluding hydrogens is 448 g/mol. The summed E-state index contributed by atoms with van der Waals surface area (Å²) in [4.78, 5) is 47.1. The predicted molar refractivity (Wildman–Crippen MR) is 126 cm³/mol. The van der Waals surface area contributed by atoms with E-state index in [2.05, 4.69) is 4.90 Å². The number of carbonyl (C=O) groups excluding carboxylic acids is 3. The number of imide groups is 1. The van der Waals surface area contributed by atoms with Gasteiger partial charge in [0.15, 0.2) is 5.13 Å². The molecule has 0 unspecified atom stereocenters. The normalized spacial score (nSPS) is 17.0. The number of amides is 3. The molecule has 2 saturated heterocycles. The topological polar surface area (TPSA) is 73.8 Å². The van der Waals surface area contributed by atoms with Crippen molar-refractivity contribution in [1.29, 1.82) is 0 Å². The second-order valence-electron chi connectivity index (χ2n) is 7.99. The highest BCUT2D eigenvalue weighted by atomic mass is 35.5. The van der Waals surface area contributed by atoms with Gasteiger partial charge in [-0.05, 0) is 36.8 Å². The van der Waals surface area contributed by atoms with Gasteiger partial charge in [-0.15, -0.1) is 0 Å². The molecule has 3 heterocycles. The number of benzene rings is 2. The maximum absolute atomic E-state index is 13.1. The molecule has 0 bridgehead atoms. The van der Waals surface area contributed by atoms with Crippen LogP contribution in [0.3, 0.4) is 0 Å². The Kier molecular flexibility index (Phi) is 5.35. The number of aromatic nitrogens is 1. The molecule has 2 fully saturated rings. The summed E-state index contributed by atoms with van der Waals surface area (Å²) in [7, 11) is 0. The average molecular weight is 469 g/mol. The SMILES string of the molecule is Cc1ccc(Cl)c2sc(N3CCN(C(=O)c4cccc(N5C(=O)CCC5=O)c4)CC3)nc12. The molecule has 2 aromatic carbocycles. The number of rotatable bonds is 3. The molecule has 0 saturated carbocycles. The molecule has 0 radical (unpaired) electrons. The minimum atomic E-state index is -0.223. The van der Waals surface area contributed by atoms with Gasteiger partial charge in [-0.1, -0.05) is 35.1 Å². The van der Waals surface area contributed by atoms with Crippen molar-refractivity contribution in [3.05, 3.63) is 52.5 Å². The van der Waals surface area contributed by atoms with Gasteiger partial charge in [-0.3, -0.25) is 19.3 Å². The lowest BCUT2D eigenvalue weighted by molar-refractivity contribution is -0.121. The first-order chi connectivity index (χ1) is 15.4. The fourth-order valence-electron chi connectivity index (χ4n) is 4.15. The third kappa shape index (κ3) is 3.63. The van der Waals surface area contributed by atoms with E-state index < -0.39 is 0 Å². The molecule has 0 N–H and O–H groups in total. The Morgan fingerprint density at radius 2 is 1.75 bits per heavy atom. The molecule has 1 aromatic heterocycles. The lowest BCUT2D eigenvalue weighted by Gasteiger charge is -2.34. The third-order valence-corrected chi connectivity index (χ3v) is 7.50. The summed E-state index contributed by atoms with van der Waals surface area (Å²) < 4.78 is 0.989. The van der Waals surface area contributed by atoms with Crippen molar-refractivity contribution in [3.63, 3.8) is 0 Å². The Morgan fingerprint density at radius 3 is 2.44 bits per heavy atom. The van der Waals surface area contributed by atoms with E-state index >= 15 is 0 Å². The van der Waals surface area contributed by atoms with Gasteiger partial charge in [0.1, 0.15) is 0 Å². The van der Waals surface area contributed by atoms with Gasteiger partial charge >= 0.3 is 0 Å². The fourth-order valence-corrected chi connectivity index (χ4v) is 5.52. The van der Waals surface area contributed by atoms with Crippen molar-refractivity contribution in [2.24, 2.45) is 0 Å². The number of aryl methyl sites for hydroxylation is 1. The number of piperazine rings is 1. The summed E-state index contributed by atoms with van der Waals surface area (Å²) in [5, 5.41) is 1.62. The summed E-state index contributed by atoms with van der Waals surface area (Å²) in [5.74, 6) is -0.549. The van der Waals surface area contributed by atoms with Crippen LogP contribution >= 0.6 is 22.9 Å². The molecule has 2 aliphatic heterocycles. The molecular formula is C23H21ClN4O3S. The summed E-state index contributed by atoms with van der Waals surface area (Å²) in [6, 6.07) is 10.6. The van der Waals surface area contributed by atoms with Crippen LogP contribution in [0.1, 0.15) is 28.8 Å². The van der Waals surface area contributed by atoms with Crippen LogP contribution in [0.15, 0.2) is 36.4 Å². The quantitative estimate of drug-likeness (QED) is 0.545. The Labute approximate surface area is 194 Å². The maximum Gasteiger partial charge on any atom is 0.254 e. The zero-order chi connectivity index (χ0) is 22.4. The number of anilines is 2. The molecule has 0 aliphatic carbocycles. The second kappa shape index (κ2) is 8.18. The van der Waals surface area contributed by atoms with E-state index in [4.69, 9.17) is 16.6 Å². The van der Waals surface area contributed by atoms with E-state index in [1.807, 2.05) is 19.1 Å². The molecule has 2 aliphatic rings. The van der Waals surface area contributed by atoms with Crippen LogP contribution in [-0.2, 0) is 9.59 Å². The highest BCUT2D eigenvalue weighted by Gasteiger charge is 2.31. The minimum absolute atomic E-state index is 0.103. The molecule has 164 valence electrons. The Balaban J connectivity index is 1.30. The van der Waals surface area contributed by atoms with E-state index in [9.17, 15) is 14.4 Å². The van der Waals surface area contributed by atoms with Gasteiger partial charge in [0, 0.05) is 44.6 Å². The monoisotopic (exact) mass is 468 g/mol. The van der Waals surface area contributed by atoms with Crippen molar-refractivity contribution in [3.8, 4) is 0 Å². The van der Waals surface area contributed by atoms with Crippen molar-refractivity contribution in [2.75, 3.05) is 36.0 Å². The largest absolute Gasteiger partial charge is 0.345 e. The number of fused-ring (bicyclic) bond motifs is 1. The van der Waals surface area contributed by atoms with Crippen molar-refractivity contribution < 1.29 is 14.4 Å². The van der Waals surface area contributed by atoms with E-state index in [1.165, 1.54) is 4.90 Å². The van der Waals surface area contributed by atoms with Crippen LogP contribution < -0.4 is 9.80 Å². The molecule has 0 atom stereocenters. The van der Waals surface area contributed by atoms with E-state index in [0.29, 0.717) is 42.5 Å². The third-order valence-electron chi connectivity index (χ3n) is 5.93. The van der Waals surface area contributed by atoms with Crippen molar-refractivity contribution in [1.82, 2.24) is 9.88 Å². The average Bonchev–Trinajstić information content (AvgIpc) is 3.40. The van der Waals surface area contributed by atoms with E-state index in [-0.39, 0.29) is 30.6 Å². The summed E-state index contributed by atoms with van der Waals surface area (Å²) in [6.07, 6.45) is 0.435. The van der Waals surface area contributed by atoms with Gasteiger partial charge in [0.2, 0.25) is 11.8 Å². The maximum atomic E-state index is 13.1. The molecule has 7 nitrogen and oxygen atoms in total. The molecule has 9 heteroatoms. The van der Waals surface area contributed by atoms with Crippen molar-refractivity contribution >= 4 is 61.7 Å². The number of thiazole rings is 1. The zero-order valence-corrected chi connectivity index (χ0v) is 19.1. The van der Waals surface area contributed by atoms with Gasteiger partial charge in [0.25, 0.3) is 5.91 Å². The van der Waals surface area contributed by atoms with Crippen LogP contribution in [0.25, 0.3) is 10.2 Å². The molecule has 3 aromatic rings.